The molecule has 0 atom stereocenters. The number of nitrogens with zero attached hydrogens (tertiary/aromatic N) is 3. The van der Waals surface area contributed by atoms with Crippen LogP contribution in [-0.4, -0.2) is 14.8 Å². The lowest BCUT2D eigenvalue weighted by Gasteiger charge is -2.05. The van der Waals surface area contributed by atoms with E-state index >= 15 is 0 Å². The molecule has 2 rings (SSSR count). The highest BCUT2D eigenvalue weighted by atomic mass is 35.5. The van der Waals surface area contributed by atoms with Crippen molar-refractivity contribution in [3.05, 3.63) is 35.1 Å². The Morgan fingerprint density at radius 3 is 2.87 bits per heavy atom. The van der Waals surface area contributed by atoms with Crippen molar-refractivity contribution in [2.75, 3.05) is 0 Å². The van der Waals surface area contributed by atoms with Crippen LogP contribution in [0.3, 0.4) is 0 Å². The summed E-state index contributed by atoms with van der Waals surface area (Å²) in [5, 5.41) is 8.68. The van der Waals surface area contributed by atoms with Gasteiger partial charge < -0.3 is 4.57 Å². The minimum Gasteiger partial charge on any atom is -0.314 e. The standard InChI is InChI=1S/C11H12ClN3/c1-3-15-7-13-14-11(15)9-5-4-8(2)6-10(9)12/h4-7H,3H2,1-2H3. The number of aromatic nitrogens is 3. The molecule has 1 aromatic heterocycles. The van der Waals surface area contributed by atoms with Gasteiger partial charge in [-0.1, -0.05) is 17.7 Å². The van der Waals surface area contributed by atoms with Crippen LogP contribution in [0.4, 0.5) is 0 Å². The maximum atomic E-state index is 6.17. The fourth-order valence-electron chi connectivity index (χ4n) is 1.50. The smallest absolute Gasteiger partial charge is 0.165 e. The molecule has 78 valence electrons. The molecular formula is C11H12ClN3. The van der Waals surface area contributed by atoms with E-state index in [-0.39, 0.29) is 0 Å². The van der Waals surface area contributed by atoms with Gasteiger partial charge in [-0.2, -0.15) is 0 Å². The van der Waals surface area contributed by atoms with E-state index in [2.05, 4.69) is 17.1 Å². The molecule has 0 saturated carbocycles. The number of rotatable bonds is 2. The zero-order valence-corrected chi connectivity index (χ0v) is 9.49. The Bertz CT molecular complexity index is 476. The number of hydrogen-bond donors (Lipinski definition) is 0. The average Bonchev–Trinajstić information content (AvgIpc) is 2.65. The monoisotopic (exact) mass is 221 g/mol. The van der Waals surface area contributed by atoms with E-state index in [4.69, 9.17) is 11.6 Å². The van der Waals surface area contributed by atoms with Crippen LogP contribution in [0.2, 0.25) is 5.02 Å². The molecule has 0 aliphatic heterocycles. The summed E-state index contributed by atoms with van der Waals surface area (Å²) in [7, 11) is 0. The van der Waals surface area contributed by atoms with Crippen molar-refractivity contribution in [3.8, 4) is 11.4 Å². The van der Waals surface area contributed by atoms with Crippen molar-refractivity contribution in [1.82, 2.24) is 14.8 Å². The van der Waals surface area contributed by atoms with Gasteiger partial charge in [0.2, 0.25) is 0 Å². The topological polar surface area (TPSA) is 30.7 Å². The molecule has 1 heterocycles. The summed E-state index contributed by atoms with van der Waals surface area (Å²) >= 11 is 6.17. The molecule has 4 heteroatoms. The molecule has 0 spiro atoms. The molecule has 0 aliphatic rings. The summed E-state index contributed by atoms with van der Waals surface area (Å²) in [6, 6.07) is 5.94. The highest BCUT2D eigenvalue weighted by Gasteiger charge is 2.09. The normalized spacial score (nSPS) is 10.6. The predicted octanol–water partition coefficient (Wildman–Crippen LogP) is 2.93. The first kappa shape index (κ1) is 10.2. The van der Waals surface area contributed by atoms with E-state index < -0.39 is 0 Å². The third-order valence-electron chi connectivity index (χ3n) is 2.32. The number of halogens is 1. The second-order valence-corrected chi connectivity index (χ2v) is 3.83. The quantitative estimate of drug-likeness (QED) is 0.781. The van der Waals surface area contributed by atoms with E-state index in [1.807, 2.05) is 29.7 Å². The molecule has 0 N–H and O–H groups in total. The molecule has 0 saturated heterocycles. The largest absolute Gasteiger partial charge is 0.314 e. The van der Waals surface area contributed by atoms with Crippen LogP contribution in [0.1, 0.15) is 12.5 Å². The fraction of sp³-hybridized carbons (Fsp3) is 0.273. The van der Waals surface area contributed by atoms with Crippen LogP contribution >= 0.6 is 11.6 Å². The summed E-state index contributed by atoms with van der Waals surface area (Å²) < 4.78 is 1.97. The maximum Gasteiger partial charge on any atom is 0.165 e. The van der Waals surface area contributed by atoms with Crippen molar-refractivity contribution in [2.45, 2.75) is 20.4 Å². The highest BCUT2D eigenvalue weighted by Crippen LogP contribution is 2.26. The third kappa shape index (κ3) is 1.88. The first-order chi connectivity index (χ1) is 7.22. The average molecular weight is 222 g/mol. The van der Waals surface area contributed by atoms with Crippen LogP contribution in [0.25, 0.3) is 11.4 Å². The summed E-state index contributed by atoms with van der Waals surface area (Å²) in [6.07, 6.45) is 1.71. The van der Waals surface area contributed by atoms with Gasteiger partial charge in [0.15, 0.2) is 5.82 Å². The Morgan fingerprint density at radius 1 is 1.40 bits per heavy atom. The third-order valence-corrected chi connectivity index (χ3v) is 2.63. The van der Waals surface area contributed by atoms with Crippen molar-refractivity contribution >= 4 is 11.6 Å². The Morgan fingerprint density at radius 2 is 2.20 bits per heavy atom. The van der Waals surface area contributed by atoms with Gasteiger partial charge in [-0.25, -0.2) is 0 Å². The van der Waals surface area contributed by atoms with Gasteiger partial charge in [-0.15, -0.1) is 10.2 Å². The minimum absolute atomic E-state index is 0.720. The molecule has 0 radical (unpaired) electrons. The lowest BCUT2D eigenvalue weighted by molar-refractivity contribution is 0.767. The molecule has 0 fully saturated rings. The molecule has 0 bridgehead atoms. The van der Waals surface area contributed by atoms with Gasteiger partial charge >= 0.3 is 0 Å². The van der Waals surface area contributed by atoms with Gasteiger partial charge in [-0.05, 0) is 31.5 Å². The van der Waals surface area contributed by atoms with E-state index in [1.54, 1.807) is 6.33 Å². The lowest BCUT2D eigenvalue weighted by atomic mass is 10.1. The summed E-state index contributed by atoms with van der Waals surface area (Å²) in [6.45, 7) is 4.90. The van der Waals surface area contributed by atoms with Crippen molar-refractivity contribution in [1.29, 1.82) is 0 Å². The van der Waals surface area contributed by atoms with Crippen LogP contribution in [0.5, 0.6) is 0 Å². The minimum atomic E-state index is 0.720. The van der Waals surface area contributed by atoms with E-state index in [0.29, 0.717) is 0 Å². The van der Waals surface area contributed by atoms with Gasteiger partial charge in [-0.3, -0.25) is 0 Å². The van der Waals surface area contributed by atoms with E-state index in [1.165, 1.54) is 0 Å². The number of benzene rings is 1. The summed E-state index contributed by atoms with van der Waals surface area (Å²) in [4.78, 5) is 0. The molecule has 0 aliphatic carbocycles. The molecule has 2 aromatic rings. The van der Waals surface area contributed by atoms with Crippen molar-refractivity contribution < 1.29 is 0 Å². The molecule has 3 nitrogen and oxygen atoms in total. The molecule has 0 unspecified atom stereocenters. The van der Waals surface area contributed by atoms with Gasteiger partial charge in [0, 0.05) is 12.1 Å². The Hall–Kier alpha value is -1.35. The SMILES string of the molecule is CCn1cnnc1-c1ccc(C)cc1Cl. The van der Waals surface area contributed by atoms with Crippen molar-refractivity contribution in [3.63, 3.8) is 0 Å². The first-order valence-electron chi connectivity index (χ1n) is 4.86. The lowest BCUT2D eigenvalue weighted by Crippen LogP contribution is -1.96. The van der Waals surface area contributed by atoms with Crippen molar-refractivity contribution in [2.24, 2.45) is 0 Å². The first-order valence-corrected chi connectivity index (χ1v) is 5.24. The van der Waals surface area contributed by atoms with Crippen LogP contribution in [0.15, 0.2) is 24.5 Å². The number of hydrogen-bond acceptors (Lipinski definition) is 2. The van der Waals surface area contributed by atoms with Gasteiger partial charge in [0.1, 0.15) is 6.33 Å². The van der Waals surface area contributed by atoms with Crippen LogP contribution in [0, 0.1) is 6.92 Å². The zero-order chi connectivity index (χ0) is 10.8. The molecule has 0 amide bonds. The van der Waals surface area contributed by atoms with E-state index in [0.717, 1.165) is 28.5 Å². The maximum absolute atomic E-state index is 6.17. The second-order valence-electron chi connectivity index (χ2n) is 3.42. The fourth-order valence-corrected chi connectivity index (χ4v) is 1.82. The van der Waals surface area contributed by atoms with Crippen LogP contribution in [-0.2, 0) is 6.54 Å². The van der Waals surface area contributed by atoms with Gasteiger partial charge in [0.25, 0.3) is 0 Å². The van der Waals surface area contributed by atoms with Crippen LogP contribution < -0.4 is 0 Å². The van der Waals surface area contributed by atoms with E-state index in [9.17, 15) is 0 Å². The van der Waals surface area contributed by atoms with Gasteiger partial charge in [0.05, 0.1) is 5.02 Å². The molecular weight excluding hydrogens is 210 g/mol. The second kappa shape index (κ2) is 4.03. The zero-order valence-electron chi connectivity index (χ0n) is 8.74. The highest BCUT2D eigenvalue weighted by molar-refractivity contribution is 6.33. The Labute approximate surface area is 93.7 Å². The predicted molar refractivity (Wildman–Crippen MR) is 60.9 cm³/mol. The summed E-state index contributed by atoms with van der Waals surface area (Å²) in [5.41, 5.74) is 2.08. The Kier molecular flexibility index (Phi) is 2.73. The Balaban J connectivity index is 2.54. The summed E-state index contributed by atoms with van der Waals surface area (Å²) in [5.74, 6) is 0.822. The molecule has 1 aromatic carbocycles. The molecule has 15 heavy (non-hydrogen) atoms. The number of aryl methyl sites for hydroxylation is 2.